The molecular weight excluding hydrogens is 459 g/mol. The lowest BCUT2D eigenvalue weighted by Crippen LogP contribution is -2.44. The summed E-state index contributed by atoms with van der Waals surface area (Å²) in [6.07, 6.45) is 7.37. The summed E-state index contributed by atoms with van der Waals surface area (Å²) < 4.78 is 18.8. The number of rotatable bonds is 7. The van der Waals surface area contributed by atoms with Crippen LogP contribution in [-0.4, -0.2) is 69.9 Å². The molecule has 2 aliphatic carbocycles. The summed E-state index contributed by atoms with van der Waals surface area (Å²) in [5.74, 6) is 0.729. The third-order valence-corrected chi connectivity index (χ3v) is 9.04. The number of anilines is 1. The molecule has 0 amide bonds. The molecule has 6 rings (SSSR count). The predicted molar refractivity (Wildman–Crippen MR) is 127 cm³/mol. The topological polar surface area (TPSA) is 85.4 Å². The summed E-state index contributed by atoms with van der Waals surface area (Å²) >= 11 is 2.94. The van der Waals surface area contributed by atoms with Gasteiger partial charge in [0.05, 0.1) is 29.0 Å². The van der Waals surface area contributed by atoms with E-state index in [-0.39, 0.29) is 12.2 Å². The van der Waals surface area contributed by atoms with Crippen molar-refractivity contribution < 1.29 is 4.39 Å². The fourth-order valence-corrected chi connectivity index (χ4v) is 6.11. The Hall–Kier alpha value is -2.26. The highest BCUT2D eigenvalue weighted by atomic mass is 32.2. The maximum atomic E-state index is 13.4. The monoisotopic (exact) mass is 484 g/mol. The van der Waals surface area contributed by atoms with Gasteiger partial charge in [0, 0.05) is 37.3 Å². The van der Waals surface area contributed by atoms with Gasteiger partial charge in [0.25, 0.3) is 0 Å². The number of aromatic nitrogens is 4. The Labute approximate surface area is 199 Å². The first-order valence-corrected chi connectivity index (χ1v) is 12.9. The van der Waals surface area contributed by atoms with Gasteiger partial charge >= 0.3 is 0 Å². The van der Waals surface area contributed by atoms with Crippen molar-refractivity contribution in [2.75, 3.05) is 44.8 Å². The number of nitriles is 1. The molecule has 1 saturated heterocycles. The van der Waals surface area contributed by atoms with E-state index in [9.17, 15) is 9.65 Å². The molecule has 3 aliphatic rings. The largest absolute Gasteiger partial charge is 0.367 e. The van der Waals surface area contributed by atoms with Gasteiger partial charge in [-0.05, 0) is 50.7 Å². The van der Waals surface area contributed by atoms with E-state index in [4.69, 9.17) is 4.98 Å². The number of halogens is 1. The molecule has 0 spiro atoms. The van der Waals surface area contributed by atoms with Crippen LogP contribution in [0.25, 0.3) is 16.3 Å². The number of imidazole rings is 1. The summed E-state index contributed by atoms with van der Waals surface area (Å²) in [4.78, 5) is 10.5. The first-order valence-electron chi connectivity index (χ1n) is 11.2. The third kappa shape index (κ3) is 3.79. The first kappa shape index (κ1) is 21.3. The average Bonchev–Trinajstić information content (AvgIpc) is 3.72. The van der Waals surface area contributed by atoms with Gasteiger partial charge in [-0.3, -0.25) is 9.12 Å². The van der Waals surface area contributed by atoms with E-state index in [1.54, 1.807) is 0 Å². The summed E-state index contributed by atoms with van der Waals surface area (Å²) in [5.41, 5.74) is 1.31. The third-order valence-electron chi connectivity index (χ3n) is 6.92. The fraction of sp³-hybridized carbons (Fsp3) is 0.545. The summed E-state index contributed by atoms with van der Waals surface area (Å²) in [6.45, 7) is 3.54. The molecule has 4 heterocycles. The number of pyridine rings is 1. The molecule has 1 N–H and O–H groups in total. The minimum atomic E-state index is -0.455. The molecule has 172 valence electrons. The molecular formula is C22H25FN8S2. The van der Waals surface area contributed by atoms with Crippen LogP contribution in [0.15, 0.2) is 23.4 Å². The summed E-state index contributed by atoms with van der Waals surface area (Å²) in [5, 5.41) is 19.8. The van der Waals surface area contributed by atoms with Crippen LogP contribution in [-0.2, 0) is 5.41 Å². The molecule has 3 aromatic heterocycles. The maximum absolute atomic E-state index is 13.4. The van der Waals surface area contributed by atoms with Crippen molar-refractivity contribution in [3.63, 3.8) is 0 Å². The quantitative estimate of drug-likeness (QED) is 0.512. The highest BCUT2D eigenvalue weighted by molar-refractivity contribution is 7.97. The first-order chi connectivity index (χ1) is 16.0. The smallest absolute Gasteiger partial charge is 0.183 e. The lowest BCUT2D eigenvalue weighted by molar-refractivity contribution is 0.313. The van der Waals surface area contributed by atoms with Crippen molar-refractivity contribution in [2.45, 2.75) is 41.5 Å². The predicted octanol–water partition coefficient (Wildman–Crippen LogP) is 3.26. The second-order valence-corrected chi connectivity index (χ2v) is 11.3. The van der Waals surface area contributed by atoms with E-state index >= 15 is 0 Å². The molecule has 8 nitrogen and oxygen atoms in total. The van der Waals surface area contributed by atoms with Crippen LogP contribution in [0.3, 0.4) is 0 Å². The van der Waals surface area contributed by atoms with Crippen LogP contribution in [0.5, 0.6) is 0 Å². The Morgan fingerprint density at radius 1 is 1.21 bits per heavy atom. The molecule has 0 radical (unpaired) electrons. The summed E-state index contributed by atoms with van der Waals surface area (Å²) in [6, 6.07) is 4.58. The Morgan fingerprint density at radius 3 is 2.67 bits per heavy atom. The molecule has 2 saturated carbocycles. The Balaban J connectivity index is 1.39. The zero-order chi connectivity index (χ0) is 22.6. The number of alkyl halides is 1. The molecule has 0 bridgehead atoms. The van der Waals surface area contributed by atoms with E-state index in [1.165, 1.54) is 23.3 Å². The van der Waals surface area contributed by atoms with Gasteiger partial charge in [-0.25, -0.2) is 9.37 Å². The SMILES string of the molecule is CN1CCN(c2cc(SNC3(CF)CC3)cn3c(-c4nnc(C5(C#N)CC5)s4)ncc23)CC1. The number of piperazine rings is 1. The van der Waals surface area contributed by atoms with Crippen molar-refractivity contribution in [1.29, 1.82) is 5.26 Å². The number of nitrogens with one attached hydrogen (secondary N) is 1. The standard InChI is InChI=1S/C22H25FN8S2/c1-29-6-8-30(9-7-29)16-10-15(33-28-22(13-23)4-5-22)12-31-17(16)11-25-18(31)19-26-27-20(32-19)21(14-24)2-3-21/h10-12,28H,2-9,13H2,1H3. The van der Waals surface area contributed by atoms with Gasteiger partial charge in [-0.1, -0.05) is 11.3 Å². The van der Waals surface area contributed by atoms with Gasteiger partial charge in [0.2, 0.25) is 0 Å². The number of likely N-dealkylation sites (N-methyl/N-ethyl adjacent to an activating group) is 1. The van der Waals surface area contributed by atoms with Crippen LogP contribution in [0.2, 0.25) is 0 Å². The normalized spacial score (nSPS) is 21.3. The van der Waals surface area contributed by atoms with Gasteiger partial charge in [0.1, 0.15) is 17.1 Å². The Morgan fingerprint density at radius 2 is 2.00 bits per heavy atom. The lowest BCUT2D eigenvalue weighted by Gasteiger charge is -2.34. The number of nitrogens with zero attached hydrogens (tertiary/aromatic N) is 7. The second kappa shape index (κ2) is 7.91. The molecule has 3 fully saturated rings. The zero-order valence-corrected chi connectivity index (χ0v) is 20.1. The van der Waals surface area contributed by atoms with Crippen LogP contribution >= 0.6 is 23.3 Å². The van der Waals surface area contributed by atoms with Crippen molar-refractivity contribution >= 4 is 34.5 Å². The van der Waals surface area contributed by atoms with Crippen LogP contribution in [0.4, 0.5) is 10.1 Å². The summed E-state index contributed by atoms with van der Waals surface area (Å²) in [7, 11) is 2.15. The number of hydrogen-bond acceptors (Lipinski definition) is 9. The lowest BCUT2D eigenvalue weighted by atomic mass is 10.1. The maximum Gasteiger partial charge on any atom is 0.183 e. The van der Waals surface area contributed by atoms with Gasteiger partial charge in [-0.15, -0.1) is 10.2 Å². The average molecular weight is 485 g/mol. The Kier molecular flexibility index (Phi) is 5.10. The number of hydrogen-bond donors (Lipinski definition) is 1. The van der Waals surface area contributed by atoms with Gasteiger partial charge in [-0.2, -0.15) is 5.26 Å². The van der Waals surface area contributed by atoms with E-state index in [2.05, 4.69) is 48.3 Å². The molecule has 33 heavy (non-hydrogen) atoms. The minimum Gasteiger partial charge on any atom is -0.367 e. The van der Waals surface area contributed by atoms with Crippen molar-refractivity contribution in [1.82, 2.24) is 29.2 Å². The van der Waals surface area contributed by atoms with Crippen molar-refractivity contribution in [2.24, 2.45) is 0 Å². The molecule has 0 atom stereocenters. The molecule has 11 heteroatoms. The van der Waals surface area contributed by atoms with Crippen molar-refractivity contribution in [3.05, 3.63) is 23.5 Å². The van der Waals surface area contributed by atoms with E-state index in [0.29, 0.717) is 5.01 Å². The molecule has 3 aromatic rings. The van der Waals surface area contributed by atoms with Crippen LogP contribution < -0.4 is 9.62 Å². The van der Waals surface area contributed by atoms with Gasteiger partial charge < -0.3 is 9.80 Å². The zero-order valence-electron chi connectivity index (χ0n) is 18.4. The highest BCUT2D eigenvalue weighted by Crippen LogP contribution is 2.49. The molecule has 1 aliphatic heterocycles. The molecule has 0 unspecified atom stereocenters. The van der Waals surface area contributed by atoms with Crippen molar-refractivity contribution in [3.8, 4) is 16.9 Å². The van der Waals surface area contributed by atoms with E-state index < -0.39 is 5.41 Å². The Bertz CT molecular complexity index is 1230. The van der Waals surface area contributed by atoms with Crippen LogP contribution in [0, 0.1) is 11.3 Å². The second-order valence-electron chi connectivity index (χ2n) is 9.41. The van der Waals surface area contributed by atoms with Gasteiger partial charge in [0.15, 0.2) is 10.8 Å². The van der Waals surface area contributed by atoms with E-state index in [0.717, 1.165) is 78.8 Å². The fourth-order valence-electron chi connectivity index (χ4n) is 4.16. The van der Waals surface area contributed by atoms with E-state index in [1.807, 2.05) is 12.4 Å². The minimum absolute atomic E-state index is 0.349. The van der Waals surface area contributed by atoms with Crippen LogP contribution in [0.1, 0.15) is 30.7 Å². The highest BCUT2D eigenvalue weighted by Gasteiger charge is 2.48. The number of fused-ring (bicyclic) bond motifs is 1. The molecule has 0 aromatic carbocycles.